The van der Waals surface area contributed by atoms with E-state index in [4.69, 9.17) is 0 Å². The Kier molecular flexibility index (Phi) is 2.97. The lowest BCUT2D eigenvalue weighted by Crippen LogP contribution is -2.01. The summed E-state index contributed by atoms with van der Waals surface area (Å²) in [7, 11) is 0. The van der Waals surface area contributed by atoms with Gasteiger partial charge in [-0.1, -0.05) is 18.2 Å². The molecule has 0 spiro atoms. The molecule has 3 nitrogen and oxygen atoms in total. The first-order chi connectivity index (χ1) is 7.68. The van der Waals surface area contributed by atoms with E-state index in [9.17, 15) is 5.11 Å². The summed E-state index contributed by atoms with van der Waals surface area (Å²) in [6.07, 6.45) is 2.54. The summed E-state index contributed by atoms with van der Waals surface area (Å²) in [5.74, 6) is 0. The number of hydrogen-bond donors (Lipinski definition) is 1. The van der Waals surface area contributed by atoms with Gasteiger partial charge in [0.15, 0.2) is 0 Å². The lowest BCUT2D eigenvalue weighted by Gasteiger charge is -2.12. The van der Waals surface area contributed by atoms with Crippen LogP contribution in [0.4, 0.5) is 0 Å². The molecule has 0 bridgehead atoms. The van der Waals surface area contributed by atoms with Gasteiger partial charge in [0.1, 0.15) is 6.10 Å². The molecule has 1 N–H and O–H groups in total. The highest BCUT2D eigenvalue weighted by Gasteiger charge is 2.10. The van der Waals surface area contributed by atoms with E-state index in [0.717, 1.165) is 11.1 Å². The first-order valence-corrected chi connectivity index (χ1v) is 5.20. The molecule has 1 unspecified atom stereocenters. The van der Waals surface area contributed by atoms with Crippen LogP contribution in [-0.4, -0.2) is 15.3 Å². The third kappa shape index (κ3) is 2.09. The van der Waals surface area contributed by atoms with Crippen molar-refractivity contribution in [1.82, 2.24) is 10.2 Å². The number of aliphatic hydroxyl groups excluding tert-OH is 1. The van der Waals surface area contributed by atoms with Crippen molar-refractivity contribution in [1.29, 1.82) is 0 Å². The maximum absolute atomic E-state index is 10.1. The number of aryl methyl sites for hydroxylation is 2. The minimum Gasteiger partial charge on any atom is -0.384 e. The van der Waals surface area contributed by atoms with E-state index in [1.165, 1.54) is 11.1 Å². The molecule has 0 radical (unpaired) electrons. The lowest BCUT2D eigenvalue weighted by molar-refractivity contribution is 0.219. The predicted octanol–water partition coefficient (Wildman–Crippen LogP) is 2.18. The first-order valence-electron chi connectivity index (χ1n) is 5.20. The van der Waals surface area contributed by atoms with Gasteiger partial charge in [0.05, 0.1) is 6.20 Å². The maximum atomic E-state index is 10.1. The van der Waals surface area contributed by atoms with E-state index in [1.807, 2.05) is 25.1 Å². The summed E-state index contributed by atoms with van der Waals surface area (Å²) in [5, 5.41) is 17.6. The standard InChI is InChI=1S/C13H14N2O/c1-9-3-4-11(7-10(9)2)13(16)12-5-6-14-15-8-12/h3-8,13,16H,1-2H3. The quantitative estimate of drug-likeness (QED) is 0.833. The minimum absolute atomic E-state index is 0.630. The van der Waals surface area contributed by atoms with Gasteiger partial charge in [-0.15, -0.1) is 0 Å². The Balaban J connectivity index is 2.34. The third-order valence-corrected chi connectivity index (χ3v) is 2.77. The van der Waals surface area contributed by atoms with Crippen LogP contribution in [0.25, 0.3) is 0 Å². The third-order valence-electron chi connectivity index (χ3n) is 2.77. The Morgan fingerprint density at radius 1 is 1.00 bits per heavy atom. The van der Waals surface area contributed by atoms with Gasteiger partial charge in [0.2, 0.25) is 0 Å². The van der Waals surface area contributed by atoms with Crippen LogP contribution in [0, 0.1) is 13.8 Å². The predicted molar refractivity (Wildman–Crippen MR) is 62.0 cm³/mol. The van der Waals surface area contributed by atoms with Gasteiger partial charge in [0, 0.05) is 11.8 Å². The molecule has 2 aromatic rings. The number of aromatic nitrogens is 2. The molecule has 2 rings (SSSR count). The Labute approximate surface area is 94.8 Å². The largest absolute Gasteiger partial charge is 0.384 e. The van der Waals surface area contributed by atoms with E-state index in [2.05, 4.69) is 17.1 Å². The van der Waals surface area contributed by atoms with Crippen LogP contribution in [0.2, 0.25) is 0 Å². The molecule has 3 heteroatoms. The molecule has 1 aromatic heterocycles. The van der Waals surface area contributed by atoms with Crippen LogP contribution in [-0.2, 0) is 0 Å². The van der Waals surface area contributed by atoms with Gasteiger partial charge in [-0.25, -0.2) is 0 Å². The van der Waals surface area contributed by atoms with Crippen molar-refractivity contribution in [3.05, 3.63) is 58.9 Å². The lowest BCUT2D eigenvalue weighted by atomic mass is 9.99. The number of rotatable bonds is 2. The fourth-order valence-electron chi connectivity index (χ4n) is 1.59. The number of aliphatic hydroxyl groups is 1. The molecule has 0 amide bonds. The minimum atomic E-state index is -0.630. The highest BCUT2D eigenvalue weighted by atomic mass is 16.3. The van der Waals surface area contributed by atoms with E-state index in [-0.39, 0.29) is 0 Å². The zero-order chi connectivity index (χ0) is 11.5. The molecule has 1 heterocycles. The van der Waals surface area contributed by atoms with Gasteiger partial charge in [-0.2, -0.15) is 10.2 Å². The van der Waals surface area contributed by atoms with Crippen molar-refractivity contribution in [2.75, 3.05) is 0 Å². The number of benzene rings is 1. The summed E-state index contributed by atoms with van der Waals surface area (Å²) < 4.78 is 0. The smallest absolute Gasteiger partial charge is 0.106 e. The molecule has 0 saturated heterocycles. The number of hydrogen-bond acceptors (Lipinski definition) is 3. The van der Waals surface area contributed by atoms with Crippen LogP contribution in [0.15, 0.2) is 36.7 Å². The molecule has 1 aromatic carbocycles. The molecule has 0 aliphatic rings. The molecule has 0 saturated carbocycles. The highest BCUT2D eigenvalue weighted by molar-refractivity contribution is 5.34. The van der Waals surface area contributed by atoms with Crippen LogP contribution in [0.1, 0.15) is 28.4 Å². The molecular weight excluding hydrogens is 200 g/mol. The fraction of sp³-hybridized carbons (Fsp3) is 0.231. The molecule has 0 fully saturated rings. The Bertz CT molecular complexity index is 483. The summed E-state index contributed by atoms with van der Waals surface area (Å²) in [6, 6.07) is 7.73. The number of nitrogens with zero attached hydrogens (tertiary/aromatic N) is 2. The van der Waals surface area contributed by atoms with E-state index < -0.39 is 6.10 Å². The first kappa shape index (κ1) is 10.8. The normalized spacial score (nSPS) is 12.4. The second-order valence-electron chi connectivity index (χ2n) is 3.92. The van der Waals surface area contributed by atoms with Crippen LogP contribution < -0.4 is 0 Å². The van der Waals surface area contributed by atoms with E-state index >= 15 is 0 Å². The maximum Gasteiger partial charge on any atom is 0.106 e. The Morgan fingerprint density at radius 2 is 1.81 bits per heavy atom. The fourth-order valence-corrected chi connectivity index (χ4v) is 1.59. The van der Waals surface area contributed by atoms with Gasteiger partial charge in [0.25, 0.3) is 0 Å². The Hall–Kier alpha value is -1.74. The average Bonchev–Trinajstić information content (AvgIpc) is 2.33. The molecule has 1 atom stereocenters. The van der Waals surface area contributed by atoms with Gasteiger partial charge >= 0.3 is 0 Å². The zero-order valence-corrected chi connectivity index (χ0v) is 9.38. The SMILES string of the molecule is Cc1ccc(C(O)c2ccnnc2)cc1C. The average molecular weight is 214 g/mol. The summed E-state index contributed by atoms with van der Waals surface area (Å²) in [6.45, 7) is 4.09. The summed E-state index contributed by atoms with van der Waals surface area (Å²) in [4.78, 5) is 0. The topological polar surface area (TPSA) is 46.0 Å². The summed E-state index contributed by atoms with van der Waals surface area (Å²) >= 11 is 0. The van der Waals surface area contributed by atoms with E-state index in [1.54, 1.807) is 18.5 Å². The molecule has 0 aliphatic carbocycles. The van der Waals surface area contributed by atoms with Gasteiger partial charge < -0.3 is 5.11 Å². The summed E-state index contributed by atoms with van der Waals surface area (Å²) in [5.41, 5.74) is 4.05. The van der Waals surface area contributed by atoms with Crippen LogP contribution in [0.3, 0.4) is 0 Å². The van der Waals surface area contributed by atoms with Crippen molar-refractivity contribution in [2.45, 2.75) is 20.0 Å². The van der Waals surface area contributed by atoms with Gasteiger partial charge in [-0.3, -0.25) is 0 Å². The van der Waals surface area contributed by atoms with Crippen molar-refractivity contribution in [2.24, 2.45) is 0 Å². The van der Waals surface area contributed by atoms with Gasteiger partial charge in [-0.05, 0) is 36.6 Å². The van der Waals surface area contributed by atoms with Crippen molar-refractivity contribution < 1.29 is 5.11 Å². The van der Waals surface area contributed by atoms with Crippen molar-refractivity contribution in [3.8, 4) is 0 Å². The molecular formula is C13H14N2O. The van der Waals surface area contributed by atoms with Crippen molar-refractivity contribution in [3.63, 3.8) is 0 Å². The molecule has 16 heavy (non-hydrogen) atoms. The highest BCUT2D eigenvalue weighted by Crippen LogP contribution is 2.22. The zero-order valence-electron chi connectivity index (χ0n) is 9.38. The second kappa shape index (κ2) is 4.41. The van der Waals surface area contributed by atoms with Crippen LogP contribution in [0.5, 0.6) is 0 Å². The van der Waals surface area contributed by atoms with E-state index in [0.29, 0.717) is 0 Å². The molecule has 0 aliphatic heterocycles. The van der Waals surface area contributed by atoms with Crippen molar-refractivity contribution >= 4 is 0 Å². The Morgan fingerprint density at radius 3 is 2.44 bits per heavy atom. The second-order valence-corrected chi connectivity index (χ2v) is 3.92. The van der Waals surface area contributed by atoms with Crippen LogP contribution >= 0.6 is 0 Å². The monoisotopic (exact) mass is 214 g/mol. The molecule has 82 valence electrons.